The highest BCUT2D eigenvalue weighted by Gasteiger charge is 2.23. The number of ether oxygens (including phenoxy) is 1. The monoisotopic (exact) mass is 315 g/mol. The van der Waals surface area contributed by atoms with Crippen LogP contribution in [0.3, 0.4) is 0 Å². The maximum Gasteiger partial charge on any atom is 0.308 e. The lowest BCUT2D eigenvalue weighted by Gasteiger charge is -2.14. The van der Waals surface area contributed by atoms with Gasteiger partial charge in [0.2, 0.25) is 5.91 Å². The first kappa shape index (κ1) is 16.4. The molecule has 0 bridgehead atoms. The summed E-state index contributed by atoms with van der Waals surface area (Å²) in [6.07, 6.45) is 1.09. The normalized spacial score (nSPS) is 11.7. The number of rotatable bonds is 6. The minimum absolute atomic E-state index is 0.187. The Kier molecular flexibility index (Phi) is 5.24. The largest absolute Gasteiger partial charge is 0.466 e. The number of benzene rings is 1. The number of nitrogens with zero attached hydrogens (tertiary/aromatic N) is 1. The van der Waals surface area contributed by atoms with Crippen LogP contribution in [0.1, 0.15) is 23.7 Å². The Morgan fingerprint density at radius 1 is 1.30 bits per heavy atom. The quantitative estimate of drug-likeness (QED) is 0.765. The zero-order valence-electron chi connectivity index (χ0n) is 12.6. The Bertz CT molecular complexity index is 745. The third kappa shape index (κ3) is 4.26. The summed E-state index contributed by atoms with van der Waals surface area (Å²) >= 11 is 0. The molecule has 0 aliphatic rings. The first-order valence-electron chi connectivity index (χ1n) is 7.12. The van der Waals surface area contributed by atoms with E-state index in [1.54, 1.807) is 13.0 Å². The molecule has 0 aliphatic carbocycles. The number of esters is 1. The van der Waals surface area contributed by atoms with Gasteiger partial charge in [-0.2, -0.15) is 0 Å². The first-order chi connectivity index (χ1) is 11.0. The summed E-state index contributed by atoms with van der Waals surface area (Å²) in [5.74, 6) is -1.94. The lowest BCUT2D eigenvalue weighted by molar-refractivity contribution is -0.145. The van der Waals surface area contributed by atoms with Crippen molar-refractivity contribution in [2.24, 2.45) is 5.73 Å². The van der Waals surface area contributed by atoms with E-state index in [1.807, 2.05) is 24.3 Å². The number of carbonyl (C=O) groups is 3. The Hall–Kier alpha value is -2.96. The molecule has 0 radical (unpaired) electrons. The molecule has 0 spiro atoms. The fraction of sp³-hybridized carbons (Fsp3) is 0.250. The van der Waals surface area contributed by atoms with Gasteiger partial charge in [-0.15, -0.1) is 0 Å². The molecular weight excluding hydrogens is 298 g/mol. The number of amides is 2. The van der Waals surface area contributed by atoms with Gasteiger partial charge < -0.3 is 15.8 Å². The minimum Gasteiger partial charge on any atom is -0.466 e. The number of fused-ring (bicyclic) bond motifs is 1. The first-order valence-corrected chi connectivity index (χ1v) is 7.12. The summed E-state index contributed by atoms with van der Waals surface area (Å²) in [6.45, 7) is 1.84. The number of carbonyl (C=O) groups excluding carboxylic acids is 3. The molecule has 1 aromatic heterocycles. The SMILES string of the molecule is CCOC(=O)C[C@H](NC(=O)c1cnc2ccccc2c1)C(N)=O. The van der Waals surface area contributed by atoms with E-state index in [2.05, 4.69) is 10.3 Å². The predicted octanol–water partition coefficient (Wildman–Crippen LogP) is 0.772. The van der Waals surface area contributed by atoms with Gasteiger partial charge in [0.05, 0.1) is 24.1 Å². The van der Waals surface area contributed by atoms with Crippen molar-refractivity contribution in [1.29, 1.82) is 0 Å². The van der Waals surface area contributed by atoms with Gasteiger partial charge in [-0.3, -0.25) is 19.4 Å². The Labute approximate surface area is 132 Å². The second-order valence-electron chi connectivity index (χ2n) is 4.85. The molecular formula is C16H17N3O4. The van der Waals surface area contributed by atoms with Crippen molar-refractivity contribution in [3.8, 4) is 0 Å². The zero-order valence-corrected chi connectivity index (χ0v) is 12.6. The van der Waals surface area contributed by atoms with E-state index in [0.717, 1.165) is 10.9 Å². The number of nitrogens with one attached hydrogen (secondary N) is 1. The van der Waals surface area contributed by atoms with Crippen molar-refractivity contribution in [1.82, 2.24) is 10.3 Å². The number of aromatic nitrogens is 1. The third-order valence-electron chi connectivity index (χ3n) is 3.18. The second kappa shape index (κ2) is 7.35. The Balaban J connectivity index is 2.13. The van der Waals surface area contributed by atoms with Crippen molar-refractivity contribution in [3.05, 3.63) is 42.1 Å². The molecule has 0 unspecified atom stereocenters. The number of hydrogen-bond donors (Lipinski definition) is 2. The van der Waals surface area contributed by atoms with E-state index < -0.39 is 23.8 Å². The van der Waals surface area contributed by atoms with Crippen molar-refractivity contribution in [2.75, 3.05) is 6.61 Å². The molecule has 1 atom stereocenters. The molecule has 2 rings (SSSR count). The highest BCUT2D eigenvalue weighted by atomic mass is 16.5. The molecule has 1 aromatic carbocycles. The molecule has 3 N–H and O–H groups in total. The van der Waals surface area contributed by atoms with Crippen LogP contribution < -0.4 is 11.1 Å². The standard InChI is InChI=1S/C16H17N3O4/c1-2-23-14(20)8-13(15(17)21)19-16(22)11-7-10-5-3-4-6-12(10)18-9-11/h3-7,9,13H,2,8H2,1H3,(H2,17,21)(H,19,22)/t13-/m0/s1. The molecule has 0 fully saturated rings. The molecule has 0 saturated heterocycles. The van der Waals surface area contributed by atoms with Gasteiger partial charge in [0.1, 0.15) is 6.04 Å². The fourth-order valence-corrected chi connectivity index (χ4v) is 2.05. The lowest BCUT2D eigenvalue weighted by Crippen LogP contribution is -2.45. The van der Waals surface area contributed by atoms with E-state index in [4.69, 9.17) is 10.5 Å². The van der Waals surface area contributed by atoms with E-state index in [1.165, 1.54) is 6.20 Å². The summed E-state index contributed by atoms with van der Waals surface area (Å²) < 4.78 is 4.76. The molecule has 0 saturated carbocycles. The average Bonchev–Trinajstić information content (AvgIpc) is 2.53. The van der Waals surface area contributed by atoms with E-state index >= 15 is 0 Å². The predicted molar refractivity (Wildman–Crippen MR) is 83.4 cm³/mol. The van der Waals surface area contributed by atoms with Crippen LogP contribution >= 0.6 is 0 Å². The molecule has 23 heavy (non-hydrogen) atoms. The number of hydrogen-bond acceptors (Lipinski definition) is 5. The molecule has 0 aliphatic heterocycles. The molecule has 2 aromatic rings. The van der Waals surface area contributed by atoms with Crippen molar-refractivity contribution >= 4 is 28.7 Å². The fourth-order valence-electron chi connectivity index (χ4n) is 2.05. The van der Waals surface area contributed by atoms with Gasteiger partial charge in [0.15, 0.2) is 0 Å². The molecule has 7 nitrogen and oxygen atoms in total. The maximum absolute atomic E-state index is 12.2. The lowest BCUT2D eigenvalue weighted by atomic mass is 10.1. The summed E-state index contributed by atoms with van der Waals surface area (Å²) in [7, 11) is 0. The Morgan fingerprint density at radius 2 is 2.04 bits per heavy atom. The minimum atomic E-state index is -1.13. The van der Waals surface area contributed by atoms with Crippen molar-refractivity contribution in [3.63, 3.8) is 0 Å². The van der Waals surface area contributed by atoms with E-state index in [-0.39, 0.29) is 18.6 Å². The second-order valence-corrected chi connectivity index (χ2v) is 4.85. The number of nitrogens with two attached hydrogens (primary N) is 1. The van der Waals surface area contributed by atoms with Crippen LogP contribution in [-0.2, 0) is 14.3 Å². The summed E-state index contributed by atoms with van der Waals surface area (Å²) in [6, 6.07) is 7.84. The van der Waals surface area contributed by atoms with Crippen LogP contribution in [0.2, 0.25) is 0 Å². The molecule has 2 amide bonds. The number of para-hydroxylation sites is 1. The van der Waals surface area contributed by atoms with Gasteiger partial charge in [0, 0.05) is 11.6 Å². The van der Waals surface area contributed by atoms with Crippen LogP contribution in [0, 0.1) is 0 Å². The molecule has 120 valence electrons. The van der Waals surface area contributed by atoms with Crippen LogP contribution in [0.5, 0.6) is 0 Å². The van der Waals surface area contributed by atoms with Crippen LogP contribution in [0.4, 0.5) is 0 Å². The van der Waals surface area contributed by atoms with E-state index in [9.17, 15) is 14.4 Å². The molecule has 1 heterocycles. The maximum atomic E-state index is 12.2. The Morgan fingerprint density at radius 3 is 2.74 bits per heavy atom. The van der Waals surface area contributed by atoms with Crippen LogP contribution in [-0.4, -0.2) is 35.4 Å². The van der Waals surface area contributed by atoms with Gasteiger partial charge in [0.25, 0.3) is 5.91 Å². The smallest absolute Gasteiger partial charge is 0.308 e. The highest BCUT2D eigenvalue weighted by Crippen LogP contribution is 2.12. The van der Waals surface area contributed by atoms with E-state index in [0.29, 0.717) is 0 Å². The third-order valence-corrected chi connectivity index (χ3v) is 3.18. The number of primary amides is 1. The summed E-state index contributed by atoms with van der Waals surface area (Å²) in [4.78, 5) is 39.3. The van der Waals surface area contributed by atoms with Gasteiger partial charge in [-0.25, -0.2) is 0 Å². The van der Waals surface area contributed by atoms with Gasteiger partial charge in [-0.05, 0) is 19.1 Å². The zero-order chi connectivity index (χ0) is 16.8. The average molecular weight is 315 g/mol. The summed E-state index contributed by atoms with van der Waals surface area (Å²) in [5, 5.41) is 3.23. The van der Waals surface area contributed by atoms with Crippen molar-refractivity contribution in [2.45, 2.75) is 19.4 Å². The van der Waals surface area contributed by atoms with Crippen molar-refractivity contribution < 1.29 is 19.1 Å². The van der Waals surface area contributed by atoms with Crippen LogP contribution in [0.25, 0.3) is 10.9 Å². The summed E-state index contributed by atoms with van der Waals surface area (Å²) in [5.41, 5.74) is 6.25. The topological polar surface area (TPSA) is 111 Å². The highest BCUT2D eigenvalue weighted by molar-refractivity contribution is 6.00. The number of pyridine rings is 1. The van der Waals surface area contributed by atoms with Gasteiger partial charge in [-0.1, -0.05) is 18.2 Å². The molecule has 7 heteroatoms. The van der Waals surface area contributed by atoms with Gasteiger partial charge >= 0.3 is 5.97 Å². The van der Waals surface area contributed by atoms with Crippen LogP contribution in [0.15, 0.2) is 36.5 Å².